The number of fused-ring (bicyclic) bond motifs is 1. The Balaban J connectivity index is 1.60. The zero-order chi connectivity index (χ0) is 30.6. The van der Waals surface area contributed by atoms with Gasteiger partial charge in [-0.05, 0) is 90.9 Å². The molecule has 0 bridgehead atoms. The zero-order valence-electron chi connectivity index (χ0n) is 26.2. The first-order valence-corrected chi connectivity index (χ1v) is 15.1. The summed E-state index contributed by atoms with van der Waals surface area (Å²) in [5, 5.41) is 1.65. The number of esters is 1. The molecule has 2 aliphatic carbocycles. The molecule has 42 heavy (non-hydrogen) atoms. The van der Waals surface area contributed by atoms with Crippen LogP contribution in [0.5, 0.6) is 5.88 Å². The molecular weight excluding hydrogens is 526 g/mol. The van der Waals surface area contributed by atoms with Crippen LogP contribution < -0.4 is 15.3 Å². The molecule has 224 valence electrons. The summed E-state index contributed by atoms with van der Waals surface area (Å²) < 4.78 is 12.1. The molecule has 1 aromatic rings. The Morgan fingerprint density at radius 1 is 1.26 bits per heavy atom. The number of ether oxygens (including phenoxy) is 2. The van der Waals surface area contributed by atoms with Gasteiger partial charge in [0.05, 0.1) is 22.0 Å². The maximum Gasteiger partial charge on any atom is 0.334 e. The number of aromatic nitrogens is 1. The second-order valence-corrected chi connectivity index (χ2v) is 12.7. The molecule has 0 radical (unpaired) electrons. The van der Waals surface area contributed by atoms with E-state index in [0.717, 1.165) is 58.7 Å². The zero-order valence-corrected chi connectivity index (χ0v) is 26.2. The van der Waals surface area contributed by atoms with Gasteiger partial charge in [0.15, 0.2) is 0 Å². The fourth-order valence-electron chi connectivity index (χ4n) is 5.78. The predicted octanol–water partition coefficient (Wildman–Crippen LogP) is 5.88. The minimum absolute atomic E-state index is 0.0722. The van der Waals surface area contributed by atoms with Crippen LogP contribution in [0.3, 0.4) is 0 Å². The van der Waals surface area contributed by atoms with Crippen molar-refractivity contribution in [3.05, 3.63) is 64.0 Å². The van der Waals surface area contributed by atoms with Gasteiger partial charge in [-0.1, -0.05) is 31.2 Å². The summed E-state index contributed by atoms with van der Waals surface area (Å²) in [6.07, 6.45) is 14.2. The number of hydrogen-bond acceptors (Lipinski definition) is 7. The van der Waals surface area contributed by atoms with Crippen LogP contribution in [0.4, 0.5) is 0 Å². The lowest BCUT2D eigenvalue weighted by molar-refractivity contribution is -0.150. The van der Waals surface area contributed by atoms with Gasteiger partial charge in [-0.15, -0.1) is 0 Å². The van der Waals surface area contributed by atoms with Gasteiger partial charge in [-0.3, -0.25) is 9.79 Å². The highest BCUT2D eigenvalue weighted by atomic mass is 16.6. The molecule has 4 unspecified atom stereocenters. The largest absolute Gasteiger partial charge is 0.474 e. The van der Waals surface area contributed by atoms with Crippen LogP contribution in [0.15, 0.2) is 57.7 Å². The Morgan fingerprint density at radius 3 is 2.67 bits per heavy atom. The molecule has 1 aromatic heterocycles. The first kappa shape index (κ1) is 31.3. The van der Waals surface area contributed by atoms with Crippen LogP contribution >= 0.6 is 0 Å². The molecular formula is C35H45N3O4. The van der Waals surface area contributed by atoms with Crippen LogP contribution in [-0.2, 0) is 14.3 Å². The van der Waals surface area contributed by atoms with Gasteiger partial charge in [0, 0.05) is 42.7 Å². The number of carbonyl (C=O) groups excluding carboxylic acids is 2. The Labute approximate surface area is 249 Å². The van der Waals surface area contributed by atoms with E-state index in [1.807, 2.05) is 71.9 Å². The van der Waals surface area contributed by atoms with Crippen LogP contribution in [0.25, 0.3) is 11.6 Å². The molecule has 3 aliphatic rings. The molecule has 4 rings (SSSR count). The highest BCUT2D eigenvalue weighted by Crippen LogP contribution is 2.33. The first-order chi connectivity index (χ1) is 19.9. The lowest BCUT2D eigenvalue weighted by Gasteiger charge is -2.21. The topological polar surface area (TPSA) is 90.2 Å². The van der Waals surface area contributed by atoms with Crippen LogP contribution in [-0.4, -0.2) is 41.7 Å². The summed E-state index contributed by atoms with van der Waals surface area (Å²) >= 11 is 0. The van der Waals surface area contributed by atoms with Gasteiger partial charge in [-0.2, -0.15) is 0 Å². The average Bonchev–Trinajstić information content (AvgIpc) is 3.39. The molecule has 0 aromatic carbocycles. The molecule has 1 aliphatic heterocycles. The summed E-state index contributed by atoms with van der Waals surface area (Å²) in [4.78, 5) is 39.0. The Hall–Kier alpha value is -3.61. The van der Waals surface area contributed by atoms with Crippen molar-refractivity contribution in [2.45, 2.75) is 91.8 Å². The van der Waals surface area contributed by atoms with E-state index in [2.05, 4.69) is 11.6 Å². The normalized spacial score (nSPS) is 24.5. The fourth-order valence-corrected chi connectivity index (χ4v) is 5.78. The van der Waals surface area contributed by atoms with E-state index in [4.69, 9.17) is 19.5 Å². The second kappa shape index (κ2) is 13.1. The Kier molecular flexibility index (Phi) is 9.80. The number of rotatable bonds is 8. The van der Waals surface area contributed by atoms with Crippen molar-refractivity contribution in [1.82, 2.24) is 4.98 Å². The number of hydrogen-bond donors (Lipinski definition) is 0. The molecule has 0 saturated heterocycles. The highest BCUT2D eigenvalue weighted by molar-refractivity contribution is 6.09. The maximum atomic E-state index is 12.7. The standard InChI is InChI=1S/C35H45N3O4/c1-9-28-18-29-31(37-28)19-30(38-33(29)41-23(4)26-16-22(3)32(39)17-26)27(20-36-8)15-21(2)24-11-10-12-25(14-13-24)34(40)42-35(5,6)7/h9,12,15,18-20,22-24,26H,2,10-11,13-14,16-17H2,1,3-8H3. The van der Waals surface area contributed by atoms with E-state index in [-0.39, 0.29) is 29.8 Å². The SMILES string of the molecule is C=C(C=C(C=NC)c1cc2c(c(OC(C)C3CC(=O)C(C)C3)n1)=CC(=CC)N=2)C1CCC=C(C(=O)OC(C)(C)C)CC1. The number of aliphatic imine (C=N–C) groups is 1. The summed E-state index contributed by atoms with van der Waals surface area (Å²) in [5.74, 6) is 1.03. The van der Waals surface area contributed by atoms with Crippen molar-refractivity contribution < 1.29 is 19.1 Å². The molecule has 1 fully saturated rings. The average molecular weight is 572 g/mol. The molecule has 0 amide bonds. The number of allylic oxidation sites excluding steroid dienone is 6. The number of Topliss-reactive ketones (excluding diaryl/α,β-unsaturated/α-hetero) is 1. The lowest BCUT2D eigenvalue weighted by Crippen LogP contribution is -2.31. The van der Waals surface area contributed by atoms with Gasteiger partial charge in [0.25, 0.3) is 0 Å². The van der Waals surface area contributed by atoms with E-state index in [1.54, 1.807) is 13.3 Å². The van der Waals surface area contributed by atoms with Crippen molar-refractivity contribution in [2.24, 2.45) is 27.7 Å². The van der Waals surface area contributed by atoms with Crippen molar-refractivity contribution in [2.75, 3.05) is 7.05 Å². The van der Waals surface area contributed by atoms with E-state index in [9.17, 15) is 9.59 Å². The van der Waals surface area contributed by atoms with Crippen LogP contribution in [0, 0.1) is 17.8 Å². The van der Waals surface area contributed by atoms with Gasteiger partial charge < -0.3 is 9.47 Å². The van der Waals surface area contributed by atoms with E-state index < -0.39 is 5.60 Å². The number of pyridine rings is 1. The van der Waals surface area contributed by atoms with Gasteiger partial charge >= 0.3 is 5.97 Å². The molecule has 7 heteroatoms. The third kappa shape index (κ3) is 7.61. The van der Waals surface area contributed by atoms with Crippen LogP contribution in [0.1, 0.15) is 85.8 Å². The molecule has 4 atom stereocenters. The summed E-state index contributed by atoms with van der Waals surface area (Å²) in [6.45, 7) is 16.1. The van der Waals surface area contributed by atoms with Crippen molar-refractivity contribution in [1.29, 1.82) is 0 Å². The van der Waals surface area contributed by atoms with Gasteiger partial charge in [0.1, 0.15) is 17.5 Å². The molecule has 0 spiro atoms. The summed E-state index contributed by atoms with van der Waals surface area (Å²) in [6, 6.07) is 1.97. The number of carbonyl (C=O) groups is 2. The molecule has 1 saturated carbocycles. The van der Waals surface area contributed by atoms with Crippen molar-refractivity contribution in [3.63, 3.8) is 0 Å². The third-order valence-corrected chi connectivity index (χ3v) is 8.23. The van der Waals surface area contributed by atoms with E-state index in [0.29, 0.717) is 30.2 Å². The van der Waals surface area contributed by atoms with Crippen molar-refractivity contribution in [3.8, 4) is 5.88 Å². The van der Waals surface area contributed by atoms with Gasteiger partial charge in [-0.25, -0.2) is 14.8 Å². The molecule has 0 N–H and O–H groups in total. The minimum Gasteiger partial charge on any atom is -0.474 e. The predicted molar refractivity (Wildman–Crippen MR) is 168 cm³/mol. The molecule has 7 nitrogen and oxygen atoms in total. The maximum absolute atomic E-state index is 12.7. The lowest BCUT2D eigenvalue weighted by atomic mass is 9.90. The van der Waals surface area contributed by atoms with E-state index >= 15 is 0 Å². The molecule has 2 heterocycles. The second-order valence-electron chi connectivity index (χ2n) is 12.7. The third-order valence-electron chi connectivity index (χ3n) is 8.23. The Morgan fingerprint density at radius 2 is 2.02 bits per heavy atom. The Bertz CT molecular complexity index is 1490. The first-order valence-electron chi connectivity index (χ1n) is 15.1. The fraction of sp³-hybridized carbons (Fsp3) is 0.514. The van der Waals surface area contributed by atoms with Crippen molar-refractivity contribution >= 4 is 29.6 Å². The quantitative estimate of drug-likeness (QED) is 0.221. The van der Waals surface area contributed by atoms with Gasteiger partial charge in [0.2, 0.25) is 5.88 Å². The number of ketones is 1. The minimum atomic E-state index is -0.516. The summed E-state index contributed by atoms with van der Waals surface area (Å²) in [7, 11) is 1.74. The van der Waals surface area contributed by atoms with Crippen LogP contribution in [0.2, 0.25) is 0 Å². The highest BCUT2D eigenvalue weighted by Gasteiger charge is 2.34. The smallest absolute Gasteiger partial charge is 0.334 e. The summed E-state index contributed by atoms with van der Waals surface area (Å²) in [5.41, 5.74) is 3.58. The number of nitrogens with zero attached hydrogens (tertiary/aromatic N) is 3. The van der Waals surface area contributed by atoms with E-state index in [1.165, 1.54) is 0 Å². The monoisotopic (exact) mass is 571 g/mol.